The van der Waals surface area contributed by atoms with E-state index in [9.17, 15) is 4.79 Å². The summed E-state index contributed by atoms with van der Waals surface area (Å²) in [7, 11) is 0. The number of nitrogens with one attached hydrogen (secondary N) is 1. The van der Waals surface area contributed by atoms with Gasteiger partial charge in [0.15, 0.2) is 0 Å². The van der Waals surface area contributed by atoms with Gasteiger partial charge in [-0.3, -0.25) is 9.48 Å². The summed E-state index contributed by atoms with van der Waals surface area (Å²) in [6, 6.07) is 0. The maximum Gasteiger partial charge on any atom is 0.272 e. The van der Waals surface area contributed by atoms with Gasteiger partial charge in [0, 0.05) is 31.5 Å². The second-order valence-corrected chi connectivity index (χ2v) is 6.63. The van der Waals surface area contributed by atoms with Crippen LogP contribution in [0, 0.1) is 0 Å². The fourth-order valence-electron chi connectivity index (χ4n) is 3.80. The highest BCUT2D eigenvalue weighted by molar-refractivity contribution is 5.94. The van der Waals surface area contributed by atoms with Crippen molar-refractivity contribution in [2.24, 2.45) is 0 Å². The molecule has 0 unspecified atom stereocenters. The summed E-state index contributed by atoms with van der Waals surface area (Å²) in [5.74, 6) is 0.0622. The number of aryl methyl sites for hydroxylation is 1. The lowest BCUT2D eigenvalue weighted by atomic mass is 9.99. The lowest BCUT2D eigenvalue weighted by molar-refractivity contribution is -0.00716. The van der Waals surface area contributed by atoms with Crippen molar-refractivity contribution in [3.63, 3.8) is 0 Å². The van der Waals surface area contributed by atoms with Crippen LogP contribution in [-0.2, 0) is 30.7 Å². The number of imidazole rings is 1. The third kappa shape index (κ3) is 2.34. The van der Waals surface area contributed by atoms with Crippen molar-refractivity contribution < 1.29 is 9.53 Å². The van der Waals surface area contributed by atoms with E-state index in [0.29, 0.717) is 19.6 Å². The average molecular weight is 329 g/mol. The Hall–Kier alpha value is -2.15. The van der Waals surface area contributed by atoms with E-state index in [0.717, 1.165) is 41.2 Å². The van der Waals surface area contributed by atoms with E-state index in [1.807, 2.05) is 23.4 Å². The van der Waals surface area contributed by atoms with Gasteiger partial charge in [-0.1, -0.05) is 0 Å². The number of amides is 1. The molecular weight excluding hydrogens is 306 g/mol. The summed E-state index contributed by atoms with van der Waals surface area (Å²) in [5.41, 5.74) is 4.82. The molecule has 0 saturated carbocycles. The van der Waals surface area contributed by atoms with Gasteiger partial charge in [-0.05, 0) is 20.8 Å². The van der Waals surface area contributed by atoms with E-state index in [2.05, 4.69) is 22.0 Å². The molecule has 0 saturated heterocycles. The van der Waals surface area contributed by atoms with Gasteiger partial charge in [0.2, 0.25) is 0 Å². The lowest BCUT2D eigenvalue weighted by Crippen LogP contribution is -2.38. The first-order valence-electron chi connectivity index (χ1n) is 8.63. The maximum absolute atomic E-state index is 13.2. The number of aromatic nitrogens is 4. The quantitative estimate of drug-likeness (QED) is 0.912. The monoisotopic (exact) mass is 329 g/mol. The number of nitrogens with zero attached hydrogens (tertiary/aromatic N) is 4. The summed E-state index contributed by atoms with van der Waals surface area (Å²) < 4.78 is 7.71. The van der Waals surface area contributed by atoms with Crippen LogP contribution in [0.25, 0.3) is 0 Å². The van der Waals surface area contributed by atoms with Crippen molar-refractivity contribution in [3.8, 4) is 0 Å². The smallest absolute Gasteiger partial charge is 0.272 e. The zero-order chi connectivity index (χ0) is 16.8. The first-order valence-corrected chi connectivity index (χ1v) is 8.63. The number of fused-ring (bicyclic) bond motifs is 2. The van der Waals surface area contributed by atoms with Crippen molar-refractivity contribution in [2.45, 2.75) is 58.9 Å². The molecule has 7 nitrogen and oxygen atoms in total. The summed E-state index contributed by atoms with van der Waals surface area (Å²) in [6.07, 6.45) is 3.28. The predicted molar refractivity (Wildman–Crippen MR) is 87.6 cm³/mol. The Morgan fingerprint density at radius 3 is 3.08 bits per heavy atom. The number of rotatable bonds is 2. The van der Waals surface area contributed by atoms with E-state index in [4.69, 9.17) is 4.74 Å². The standard InChI is InChI=1S/C17H23N5O2/c1-4-22-16(12-7-10(2)24-11(3)15(12)20-22)17(23)21-6-5-13-14(8-21)19-9-18-13/h9-11H,4-8H2,1-3H3,(H,18,19)/t10-,11+/m0/s1. The molecule has 24 heavy (non-hydrogen) atoms. The zero-order valence-corrected chi connectivity index (χ0v) is 14.4. The van der Waals surface area contributed by atoms with Crippen LogP contribution in [0.2, 0.25) is 0 Å². The lowest BCUT2D eigenvalue weighted by Gasteiger charge is -2.28. The summed E-state index contributed by atoms with van der Waals surface area (Å²) >= 11 is 0. The third-order valence-corrected chi connectivity index (χ3v) is 4.96. The molecule has 0 spiro atoms. The van der Waals surface area contributed by atoms with Crippen LogP contribution >= 0.6 is 0 Å². The molecule has 2 aliphatic rings. The van der Waals surface area contributed by atoms with Crippen LogP contribution in [0.1, 0.15) is 60.0 Å². The molecule has 4 heterocycles. The van der Waals surface area contributed by atoms with Gasteiger partial charge >= 0.3 is 0 Å². The molecule has 1 N–H and O–H groups in total. The summed E-state index contributed by atoms with van der Waals surface area (Å²) in [5, 5.41) is 4.66. The van der Waals surface area contributed by atoms with Gasteiger partial charge in [0.1, 0.15) is 5.69 Å². The van der Waals surface area contributed by atoms with E-state index < -0.39 is 0 Å². The fraction of sp³-hybridized carbons (Fsp3) is 0.588. The van der Waals surface area contributed by atoms with E-state index in [1.54, 1.807) is 6.33 Å². The average Bonchev–Trinajstić information content (AvgIpc) is 3.17. The highest BCUT2D eigenvalue weighted by atomic mass is 16.5. The van der Waals surface area contributed by atoms with Gasteiger partial charge in [-0.15, -0.1) is 0 Å². The van der Waals surface area contributed by atoms with Crippen molar-refractivity contribution in [2.75, 3.05) is 6.54 Å². The number of ether oxygens (including phenoxy) is 1. The minimum Gasteiger partial charge on any atom is -0.369 e. The Bertz CT molecular complexity index is 778. The Labute approximate surface area is 141 Å². The molecule has 128 valence electrons. The van der Waals surface area contributed by atoms with Gasteiger partial charge in [-0.25, -0.2) is 4.98 Å². The molecule has 0 bridgehead atoms. The molecule has 7 heteroatoms. The SMILES string of the molecule is CCn1nc2c(c1C(=O)N1CCc3nc[nH]c3C1)C[C@H](C)O[C@@H]2C. The highest BCUT2D eigenvalue weighted by Gasteiger charge is 2.34. The topological polar surface area (TPSA) is 76.0 Å². The second-order valence-electron chi connectivity index (χ2n) is 6.63. The normalized spacial score (nSPS) is 23.0. The highest BCUT2D eigenvalue weighted by Crippen LogP contribution is 2.32. The largest absolute Gasteiger partial charge is 0.369 e. The maximum atomic E-state index is 13.2. The van der Waals surface area contributed by atoms with Crippen LogP contribution in [0.3, 0.4) is 0 Å². The molecule has 0 radical (unpaired) electrons. The van der Waals surface area contributed by atoms with Crippen LogP contribution < -0.4 is 0 Å². The first kappa shape index (κ1) is 15.4. The Morgan fingerprint density at radius 2 is 2.29 bits per heavy atom. The Morgan fingerprint density at radius 1 is 1.46 bits per heavy atom. The van der Waals surface area contributed by atoms with Gasteiger partial charge in [-0.2, -0.15) is 5.10 Å². The van der Waals surface area contributed by atoms with Gasteiger partial charge in [0.25, 0.3) is 5.91 Å². The predicted octanol–water partition coefficient (Wildman–Crippen LogP) is 1.85. The zero-order valence-electron chi connectivity index (χ0n) is 14.4. The van der Waals surface area contributed by atoms with E-state index in [1.165, 1.54) is 0 Å². The van der Waals surface area contributed by atoms with Crippen molar-refractivity contribution in [1.29, 1.82) is 0 Å². The molecule has 2 aliphatic heterocycles. The summed E-state index contributed by atoms with van der Waals surface area (Å²) in [4.78, 5) is 22.6. The minimum atomic E-state index is -0.0661. The molecule has 2 aromatic rings. The van der Waals surface area contributed by atoms with Crippen molar-refractivity contribution in [3.05, 3.63) is 34.7 Å². The fourth-order valence-corrected chi connectivity index (χ4v) is 3.80. The molecule has 4 rings (SSSR count). The van der Waals surface area contributed by atoms with Gasteiger partial charge < -0.3 is 14.6 Å². The number of carbonyl (C=O) groups is 1. The molecule has 0 aliphatic carbocycles. The number of hydrogen-bond acceptors (Lipinski definition) is 4. The minimum absolute atomic E-state index is 0.0622. The van der Waals surface area contributed by atoms with E-state index in [-0.39, 0.29) is 18.1 Å². The van der Waals surface area contributed by atoms with Crippen molar-refractivity contribution >= 4 is 5.91 Å². The Kier molecular flexibility index (Phi) is 3.68. The molecule has 2 atom stereocenters. The van der Waals surface area contributed by atoms with Crippen LogP contribution in [0.5, 0.6) is 0 Å². The second kappa shape index (κ2) is 5.73. The van der Waals surface area contributed by atoms with Crippen molar-refractivity contribution in [1.82, 2.24) is 24.6 Å². The number of H-pyrrole nitrogens is 1. The number of aromatic amines is 1. The van der Waals surface area contributed by atoms with Crippen LogP contribution in [0.15, 0.2) is 6.33 Å². The van der Waals surface area contributed by atoms with Crippen LogP contribution in [-0.4, -0.2) is 43.2 Å². The Balaban J connectivity index is 1.70. The number of carbonyl (C=O) groups excluding carboxylic acids is 1. The molecular formula is C17H23N5O2. The van der Waals surface area contributed by atoms with E-state index >= 15 is 0 Å². The third-order valence-electron chi connectivity index (χ3n) is 4.96. The first-order chi connectivity index (χ1) is 11.6. The molecule has 0 aromatic carbocycles. The van der Waals surface area contributed by atoms with Crippen LogP contribution in [0.4, 0.5) is 0 Å². The molecule has 2 aromatic heterocycles. The van der Waals surface area contributed by atoms with Gasteiger partial charge in [0.05, 0.1) is 42.2 Å². The molecule has 0 fully saturated rings. The molecule has 1 amide bonds. The number of hydrogen-bond donors (Lipinski definition) is 1. The summed E-state index contributed by atoms with van der Waals surface area (Å²) in [6.45, 7) is 8.04.